The Morgan fingerprint density at radius 3 is 2.70 bits per heavy atom. The molecule has 56 valence electrons. The fraction of sp³-hybridized carbons (Fsp3) is 0.600. The van der Waals surface area contributed by atoms with Gasteiger partial charge in [-0.05, 0) is 0 Å². The van der Waals surface area contributed by atoms with Gasteiger partial charge in [0.15, 0.2) is 5.82 Å². The molecule has 1 heterocycles. The highest BCUT2D eigenvalue weighted by atomic mass is 19.3. The highest BCUT2D eigenvalue weighted by Crippen LogP contribution is 2.06. The molecule has 3 nitrogen and oxygen atoms in total. The molecule has 0 aliphatic carbocycles. The average molecular weight is 147 g/mol. The van der Waals surface area contributed by atoms with Crippen molar-refractivity contribution < 1.29 is 8.78 Å². The summed E-state index contributed by atoms with van der Waals surface area (Å²) in [6.07, 6.45) is 1.61. The van der Waals surface area contributed by atoms with Gasteiger partial charge in [0.05, 0.1) is 0 Å². The Morgan fingerprint density at radius 2 is 2.40 bits per heavy atom. The Labute approximate surface area is 56.7 Å². The van der Waals surface area contributed by atoms with Gasteiger partial charge in [-0.1, -0.05) is 6.92 Å². The smallest absolute Gasteiger partial charge is 0.220 e. The molecule has 0 aliphatic heterocycles. The highest BCUT2D eigenvalue weighted by molar-refractivity contribution is 4.79. The van der Waals surface area contributed by atoms with E-state index < -0.39 is 6.55 Å². The van der Waals surface area contributed by atoms with Crippen molar-refractivity contribution in [2.45, 2.75) is 19.9 Å². The van der Waals surface area contributed by atoms with Gasteiger partial charge < -0.3 is 0 Å². The van der Waals surface area contributed by atoms with E-state index in [1.807, 2.05) is 6.92 Å². The van der Waals surface area contributed by atoms with Crippen LogP contribution < -0.4 is 0 Å². The van der Waals surface area contributed by atoms with Crippen LogP contribution in [0.15, 0.2) is 6.33 Å². The van der Waals surface area contributed by atoms with E-state index in [9.17, 15) is 8.78 Å². The lowest BCUT2D eigenvalue weighted by Gasteiger charge is -1.93. The Kier molecular flexibility index (Phi) is 1.94. The molecule has 10 heavy (non-hydrogen) atoms. The molecule has 0 N–H and O–H groups in total. The van der Waals surface area contributed by atoms with E-state index in [1.54, 1.807) is 0 Å². The predicted molar refractivity (Wildman–Crippen MR) is 30.7 cm³/mol. The normalized spacial score (nSPS) is 10.8. The molecule has 0 radical (unpaired) electrons. The van der Waals surface area contributed by atoms with Crippen LogP contribution in [0.1, 0.15) is 19.3 Å². The fourth-order valence-electron chi connectivity index (χ4n) is 0.567. The van der Waals surface area contributed by atoms with Crippen molar-refractivity contribution in [2.75, 3.05) is 0 Å². The van der Waals surface area contributed by atoms with Crippen molar-refractivity contribution in [2.24, 2.45) is 0 Å². The summed E-state index contributed by atoms with van der Waals surface area (Å²) in [5.41, 5.74) is 0. The van der Waals surface area contributed by atoms with Gasteiger partial charge in [-0.15, -0.1) is 0 Å². The zero-order valence-electron chi connectivity index (χ0n) is 5.46. The molecule has 0 unspecified atom stereocenters. The maximum absolute atomic E-state index is 11.8. The van der Waals surface area contributed by atoms with Crippen LogP contribution in [0, 0.1) is 0 Å². The Hall–Kier alpha value is -1.00. The van der Waals surface area contributed by atoms with Crippen LogP contribution in [-0.2, 0) is 6.42 Å². The topological polar surface area (TPSA) is 30.7 Å². The number of rotatable bonds is 2. The summed E-state index contributed by atoms with van der Waals surface area (Å²) >= 11 is 0. The van der Waals surface area contributed by atoms with Crippen LogP contribution in [0.4, 0.5) is 8.78 Å². The van der Waals surface area contributed by atoms with Gasteiger partial charge in [0.1, 0.15) is 6.33 Å². The van der Waals surface area contributed by atoms with Gasteiger partial charge in [0.25, 0.3) is 0 Å². The second kappa shape index (κ2) is 2.72. The molecular weight excluding hydrogens is 140 g/mol. The van der Waals surface area contributed by atoms with E-state index in [0.29, 0.717) is 16.9 Å². The molecule has 0 aliphatic rings. The zero-order valence-corrected chi connectivity index (χ0v) is 5.46. The van der Waals surface area contributed by atoms with Gasteiger partial charge in [0.2, 0.25) is 0 Å². The first-order valence-corrected chi connectivity index (χ1v) is 2.92. The van der Waals surface area contributed by atoms with Crippen molar-refractivity contribution in [3.8, 4) is 0 Å². The van der Waals surface area contributed by atoms with Crippen LogP contribution in [-0.4, -0.2) is 14.8 Å². The van der Waals surface area contributed by atoms with Crippen LogP contribution in [0.25, 0.3) is 0 Å². The minimum atomic E-state index is -2.58. The molecule has 1 aromatic heterocycles. The van der Waals surface area contributed by atoms with Crippen LogP contribution in [0.3, 0.4) is 0 Å². The average Bonchev–Trinajstić information content (AvgIpc) is 2.34. The quantitative estimate of drug-likeness (QED) is 0.630. The molecule has 0 spiro atoms. The molecule has 5 heteroatoms. The molecule has 0 saturated carbocycles. The Morgan fingerprint density at radius 1 is 1.70 bits per heavy atom. The molecule has 1 rings (SSSR count). The van der Waals surface area contributed by atoms with E-state index in [4.69, 9.17) is 0 Å². The first kappa shape index (κ1) is 7.11. The summed E-state index contributed by atoms with van der Waals surface area (Å²) in [6, 6.07) is 0. The SMILES string of the molecule is CCc1ncn(C(F)F)n1. The maximum Gasteiger partial charge on any atom is 0.334 e. The standard InChI is InChI=1S/C5H7F2N3/c1-2-4-8-3-10(9-4)5(6)7/h3,5H,2H2,1H3. The van der Waals surface area contributed by atoms with Crippen LogP contribution in [0.2, 0.25) is 0 Å². The second-order valence-electron chi connectivity index (χ2n) is 1.77. The largest absolute Gasteiger partial charge is 0.334 e. The third-order valence-electron chi connectivity index (χ3n) is 1.07. The van der Waals surface area contributed by atoms with E-state index in [0.717, 1.165) is 6.33 Å². The number of nitrogens with zero attached hydrogens (tertiary/aromatic N) is 3. The number of aromatic nitrogens is 3. The van der Waals surface area contributed by atoms with Crippen molar-refractivity contribution in [3.63, 3.8) is 0 Å². The minimum absolute atomic E-state index is 0.445. The summed E-state index contributed by atoms with van der Waals surface area (Å²) in [4.78, 5) is 3.63. The van der Waals surface area contributed by atoms with E-state index in [1.165, 1.54) is 0 Å². The van der Waals surface area contributed by atoms with Gasteiger partial charge in [-0.3, -0.25) is 0 Å². The number of hydrogen-bond acceptors (Lipinski definition) is 2. The minimum Gasteiger partial charge on any atom is -0.220 e. The molecule has 0 amide bonds. The van der Waals surface area contributed by atoms with Crippen LogP contribution >= 0.6 is 0 Å². The molecule has 0 aromatic carbocycles. The highest BCUT2D eigenvalue weighted by Gasteiger charge is 2.06. The molecule has 0 fully saturated rings. The maximum atomic E-state index is 11.8. The van der Waals surface area contributed by atoms with Gasteiger partial charge in [0, 0.05) is 6.42 Å². The van der Waals surface area contributed by atoms with Gasteiger partial charge in [-0.2, -0.15) is 18.6 Å². The number of hydrogen-bond donors (Lipinski definition) is 0. The number of aryl methyl sites for hydroxylation is 1. The lowest BCUT2D eigenvalue weighted by atomic mass is 10.5. The zero-order chi connectivity index (χ0) is 7.56. The second-order valence-corrected chi connectivity index (χ2v) is 1.77. The van der Waals surface area contributed by atoms with E-state index in [2.05, 4.69) is 10.1 Å². The van der Waals surface area contributed by atoms with E-state index >= 15 is 0 Å². The summed E-state index contributed by atoms with van der Waals surface area (Å²) < 4.78 is 24.1. The van der Waals surface area contributed by atoms with Crippen molar-refractivity contribution in [1.29, 1.82) is 0 Å². The first-order chi connectivity index (χ1) is 4.74. The molecular formula is C5H7F2N3. The van der Waals surface area contributed by atoms with Crippen LogP contribution in [0.5, 0.6) is 0 Å². The van der Waals surface area contributed by atoms with Gasteiger partial charge in [-0.25, -0.2) is 4.98 Å². The molecule has 0 bridgehead atoms. The fourth-order valence-corrected chi connectivity index (χ4v) is 0.567. The first-order valence-electron chi connectivity index (χ1n) is 2.92. The summed E-state index contributed by atoms with van der Waals surface area (Å²) in [5.74, 6) is 0.445. The third-order valence-corrected chi connectivity index (χ3v) is 1.07. The summed E-state index contributed by atoms with van der Waals surface area (Å²) in [7, 11) is 0. The van der Waals surface area contributed by atoms with E-state index in [-0.39, 0.29) is 0 Å². The Bertz CT molecular complexity index is 208. The Balaban J connectivity index is 2.78. The lowest BCUT2D eigenvalue weighted by Crippen LogP contribution is -1.98. The third kappa shape index (κ3) is 1.29. The van der Waals surface area contributed by atoms with Crippen molar-refractivity contribution >= 4 is 0 Å². The predicted octanol–water partition coefficient (Wildman–Crippen LogP) is 1.24. The molecule has 1 aromatic rings. The molecule has 0 atom stereocenters. The summed E-state index contributed by atoms with van der Waals surface area (Å²) in [5, 5.41) is 3.48. The lowest BCUT2D eigenvalue weighted by molar-refractivity contribution is 0.0559. The van der Waals surface area contributed by atoms with Crippen molar-refractivity contribution in [1.82, 2.24) is 14.8 Å². The summed E-state index contributed by atoms with van der Waals surface area (Å²) in [6.45, 7) is -0.765. The number of halogens is 2. The number of alkyl halides is 2. The monoisotopic (exact) mass is 147 g/mol. The van der Waals surface area contributed by atoms with Gasteiger partial charge >= 0.3 is 6.55 Å². The van der Waals surface area contributed by atoms with Crippen molar-refractivity contribution in [3.05, 3.63) is 12.2 Å². The molecule has 0 saturated heterocycles.